The first-order valence-corrected chi connectivity index (χ1v) is 6.70. The predicted octanol–water partition coefficient (Wildman–Crippen LogP) is 3.76. The largest absolute Gasteiger partial charge is 0.392 e. The number of hydrogen-bond donors (Lipinski definition) is 1. The first-order chi connectivity index (χ1) is 6.63. The molecule has 0 spiro atoms. The van der Waals surface area contributed by atoms with E-state index in [2.05, 4.69) is 48.5 Å². The Labute approximate surface area is 100 Å². The van der Waals surface area contributed by atoms with E-state index in [1.807, 2.05) is 11.8 Å². The average Bonchev–Trinajstić information content (AvgIpc) is 1.96. The lowest BCUT2D eigenvalue weighted by Crippen LogP contribution is -2.33. The van der Waals surface area contributed by atoms with Gasteiger partial charge in [0.1, 0.15) is 0 Å². The summed E-state index contributed by atoms with van der Waals surface area (Å²) in [5.74, 6) is 0.824. The molecule has 1 N–H and O–H groups in total. The quantitative estimate of drug-likeness (QED) is 0.777. The van der Waals surface area contributed by atoms with E-state index < -0.39 is 0 Å². The minimum Gasteiger partial charge on any atom is -0.392 e. The SMILES string of the molecule is [CH2][C@@H](C)CC(O)C(SC(C)(C)C)C(C)C. The van der Waals surface area contributed by atoms with Gasteiger partial charge in [0.2, 0.25) is 0 Å². The molecule has 0 fully saturated rings. The molecule has 0 aliphatic carbocycles. The molecular weight excluding hydrogens is 204 g/mol. The highest BCUT2D eigenvalue weighted by Crippen LogP contribution is 2.35. The fourth-order valence-corrected chi connectivity index (χ4v) is 2.97. The Bertz CT molecular complexity index is 170. The minimum absolute atomic E-state index is 0.209. The molecule has 2 heteroatoms. The van der Waals surface area contributed by atoms with Gasteiger partial charge in [0.15, 0.2) is 0 Å². The van der Waals surface area contributed by atoms with E-state index in [1.165, 1.54) is 0 Å². The van der Waals surface area contributed by atoms with Crippen LogP contribution in [0.2, 0.25) is 0 Å². The van der Waals surface area contributed by atoms with Gasteiger partial charge in [-0.2, -0.15) is 0 Å². The molecule has 0 saturated carbocycles. The van der Waals surface area contributed by atoms with Crippen LogP contribution in [-0.2, 0) is 0 Å². The van der Waals surface area contributed by atoms with Crippen molar-refractivity contribution in [1.82, 2.24) is 0 Å². The molecule has 0 aromatic heterocycles. The fraction of sp³-hybridized carbons (Fsp3) is 0.923. The van der Waals surface area contributed by atoms with Crippen LogP contribution < -0.4 is 0 Å². The van der Waals surface area contributed by atoms with Crippen LogP contribution in [0.5, 0.6) is 0 Å². The van der Waals surface area contributed by atoms with Crippen molar-refractivity contribution >= 4 is 11.8 Å². The number of hydrogen-bond acceptors (Lipinski definition) is 2. The summed E-state index contributed by atoms with van der Waals surface area (Å²) in [6.45, 7) is 17.0. The molecule has 1 nitrogen and oxygen atoms in total. The molecule has 0 aliphatic heterocycles. The molecule has 0 aromatic carbocycles. The molecule has 0 aliphatic rings. The van der Waals surface area contributed by atoms with Crippen LogP contribution in [0.1, 0.15) is 48.0 Å². The standard InChI is InChI=1S/C13H27OS/c1-9(2)8-11(14)12(10(3)4)15-13(5,6)7/h9-12,14H,1,8H2,2-7H3/t9-,11?,12?/m0/s1. The average molecular weight is 231 g/mol. The Hall–Kier alpha value is 0.310. The Morgan fingerprint density at radius 3 is 1.93 bits per heavy atom. The molecule has 0 amide bonds. The second-order valence-electron chi connectivity index (χ2n) is 5.85. The van der Waals surface area contributed by atoms with Crippen LogP contribution in [-0.4, -0.2) is 21.2 Å². The molecule has 0 saturated heterocycles. The van der Waals surface area contributed by atoms with Crippen LogP contribution in [0.4, 0.5) is 0 Å². The summed E-state index contributed by atoms with van der Waals surface area (Å²) in [6.07, 6.45) is 0.563. The lowest BCUT2D eigenvalue weighted by Gasteiger charge is -2.32. The highest BCUT2D eigenvalue weighted by molar-refractivity contribution is 8.01. The summed E-state index contributed by atoms with van der Waals surface area (Å²) in [7, 11) is 0. The molecular formula is C13H27OS. The van der Waals surface area contributed by atoms with Crippen molar-refractivity contribution in [2.45, 2.75) is 64.1 Å². The van der Waals surface area contributed by atoms with Gasteiger partial charge < -0.3 is 5.11 Å². The molecule has 0 aromatic rings. The molecule has 2 unspecified atom stereocenters. The maximum Gasteiger partial charge on any atom is 0.0664 e. The smallest absolute Gasteiger partial charge is 0.0664 e. The van der Waals surface area contributed by atoms with Crippen LogP contribution in [0, 0.1) is 18.8 Å². The fourth-order valence-electron chi connectivity index (χ4n) is 1.61. The minimum atomic E-state index is -0.235. The van der Waals surface area contributed by atoms with E-state index in [1.54, 1.807) is 0 Å². The van der Waals surface area contributed by atoms with Crippen LogP contribution >= 0.6 is 11.8 Å². The van der Waals surface area contributed by atoms with Gasteiger partial charge in [0.05, 0.1) is 6.10 Å². The van der Waals surface area contributed by atoms with Gasteiger partial charge in [0, 0.05) is 10.00 Å². The van der Waals surface area contributed by atoms with E-state index >= 15 is 0 Å². The number of aliphatic hydroxyl groups excluding tert-OH is 1. The summed E-state index contributed by atoms with van der Waals surface area (Å²) < 4.78 is 0.209. The zero-order valence-electron chi connectivity index (χ0n) is 11.1. The van der Waals surface area contributed by atoms with Gasteiger partial charge in [0.25, 0.3) is 0 Å². The highest BCUT2D eigenvalue weighted by Gasteiger charge is 2.28. The topological polar surface area (TPSA) is 20.2 Å². The maximum atomic E-state index is 10.2. The summed E-state index contributed by atoms with van der Waals surface area (Å²) in [6, 6.07) is 0. The van der Waals surface area contributed by atoms with Crippen molar-refractivity contribution in [1.29, 1.82) is 0 Å². The summed E-state index contributed by atoms with van der Waals surface area (Å²) >= 11 is 1.88. The lowest BCUT2D eigenvalue weighted by atomic mass is 9.97. The van der Waals surface area contributed by atoms with Gasteiger partial charge in [-0.25, -0.2) is 0 Å². The second-order valence-corrected chi connectivity index (χ2v) is 7.85. The van der Waals surface area contributed by atoms with E-state index in [-0.39, 0.29) is 10.9 Å². The molecule has 91 valence electrons. The van der Waals surface area contributed by atoms with Crippen molar-refractivity contribution < 1.29 is 5.11 Å². The molecule has 1 radical (unpaired) electrons. The Morgan fingerprint density at radius 2 is 1.67 bits per heavy atom. The molecule has 3 atom stereocenters. The Morgan fingerprint density at radius 1 is 1.20 bits per heavy atom. The van der Waals surface area contributed by atoms with Crippen molar-refractivity contribution in [3.63, 3.8) is 0 Å². The first kappa shape index (κ1) is 15.3. The third kappa shape index (κ3) is 7.24. The number of rotatable bonds is 5. The van der Waals surface area contributed by atoms with E-state index in [9.17, 15) is 5.11 Å². The maximum absolute atomic E-state index is 10.2. The third-order valence-electron chi connectivity index (χ3n) is 2.17. The van der Waals surface area contributed by atoms with Crippen LogP contribution in [0.3, 0.4) is 0 Å². The third-order valence-corrected chi connectivity index (χ3v) is 4.01. The van der Waals surface area contributed by atoms with Gasteiger partial charge in [-0.15, -0.1) is 11.8 Å². The van der Waals surface area contributed by atoms with E-state index in [0.29, 0.717) is 17.1 Å². The second kappa shape index (κ2) is 6.15. The molecule has 15 heavy (non-hydrogen) atoms. The Kier molecular flexibility index (Phi) is 6.27. The van der Waals surface area contributed by atoms with Gasteiger partial charge in [-0.3, -0.25) is 0 Å². The van der Waals surface area contributed by atoms with Gasteiger partial charge >= 0.3 is 0 Å². The van der Waals surface area contributed by atoms with Crippen molar-refractivity contribution in [3.8, 4) is 0 Å². The zero-order chi connectivity index (χ0) is 12.2. The van der Waals surface area contributed by atoms with Gasteiger partial charge in [-0.1, -0.05) is 48.5 Å². The Balaban J connectivity index is 4.39. The van der Waals surface area contributed by atoms with Crippen molar-refractivity contribution in [2.24, 2.45) is 11.8 Å². The summed E-state index contributed by atoms with van der Waals surface area (Å²) in [4.78, 5) is 0. The first-order valence-electron chi connectivity index (χ1n) is 5.82. The van der Waals surface area contributed by atoms with Crippen LogP contribution in [0.25, 0.3) is 0 Å². The monoisotopic (exact) mass is 231 g/mol. The molecule has 0 heterocycles. The van der Waals surface area contributed by atoms with Crippen LogP contribution in [0.15, 0.2) is 0 Å². The summed E-state index contributed by atoms with van der Waals surface area (Å²) in [5.41, 5.74) is 0. The highest BCUT2D eigenvalue weighted by atomic mass is 32.2. The number of thioether (sulfide) groups is 1. The predicted molar refractivity (Wildman–Crippen MR) is 71.1 cm³/mol. The van der Waals surface area contributed by atoms with Crippen molar-refractivity contribution in [2.75, 3.05) is 0 Å². The van der Waals surface area contributed by atoms with Crippen molar-refractivity contribution in [3.05, 3.63) is 6.92 Å². The zero-order valence-corrected chi connectivity index (χ0v) is 11.9. The van der Waals surface area contributed by atoms with E-state index in [0.717, 1.165) is 6.42 Å². The lowest BCUT2D eigenvalue weighted by molar-refractivity contribution is 0.135. The normalized spacial score (nSPS) is 17.2. The molecule has 0 bridgehead atoms. The van der Waals surface area contributed by atoms with Gasteiger partial charge in [-0.05, 0) is 18.3 Å². The number of aliphatic hydroxyl groups is 1. The summed E-state index contributed by atoms with van der Waals surface area (Å²) in [5, 5.41) is 10.5. The van der Waals surface area contributed by atoms with E-state index in [4.69, 9.17) is 0 Å². The molecule has 0 rings (SSSR count).